The molecule has 0 radical (unpaired) electrons. The Morgan fingerprint density at radius 3 is 2.59 bits per heavy atom. The van der Waals surface area contributed by atoms with Crippen LogP contribution in [0.1, 0.15) is 15.9 Å². The first-order valence-electron chi connectivity index (χ1n) is 8.85. The molecule has 6 nitrogen and oxygen atoms in total. The number of piperazine rings is 1. The first-order valence-corrected chi connectivity index (χ1v) is 8.85. The van der Waals surface area contributed by atoms with Gasteiger partial charge in [0.15, 0.2) is 0 Å². The number of aromatic amines is 1. The van der Waals surface area contributed by atoms with E-state index in [0.717, 1.165) is 16.6 Å². The average molecular weight is 366 g/mol. The average Bonchev–Trinajstić information content (AvgIpc) is 3.15. The molecule has 0 unspecified atom stereocenters. The minimum absolute atomic E-state index is 0.0340. The second-order valence-corrected chi connectivity index (χ2v) is 6.61. The van der Waals surface area contributed by atoms with Crippen LogP contribution < -0.4 is 0 Å². The summed E-state index contributed by atoms with van der Waals surface area (Å²) in [5, 5.41) is 0. The molecule has 0 saturated carbocycles. The minimum atomic E-state index is -0.427. The van der Waals surface area contributed by atoms with Gasteiger partial charge in [0.2, 0.25) is 5.91 Å². The number of aromatic nitrogens is 2. The number of amides is 2. The van der Waals surface area contributed by atoms with Gasteiger partial charge in [-0.1, -0.05) is 12.1 Å². The number of carbonyl (C=O) groups is 2. The second-order valence-electron chi connectivity index (χ2n) is 6.61. The first-order chi connectivity index (χ1) is 13.1. The van der Waals surface area contributed by atoms with E-state index >= 15 is 0 Å². The number of H-pyrrole nitrogens is 1. The summed E-state index contributed by atoms with van der Waals surface area (Å²) in [6.45, 7) is 1.85. The zero-order chi connectivity index (χ0) is 18.8. The van der Waals surface area contributed by atoms with Gasteiger partial charge in [0.1, 0.15) is 5.82 Å². The Hall–Kier alpha value is -3.22. The van der Waals surface area contributed by atoms with Crippen molar-refractivity contribution in [1.29, 1.82) is 0 Å². The minimum Gasteiger partial charge on any atom is -0.345 e. The molecule has 0 bridgehead atoms. The smallest absolute Gasteiger partial charge is 0.254 e. The lowest BCUT2D eigenvalue weighted by Gasteiger charge is -2.35. The van der Waals surface area contributed by atoms with Crippen molar-refractivity contribution in [2.24, 2.45) is 0 Å². The molecule has 1 aliphatic heterocycles. The Balaban J connectivity index is 1.35. The van der Waals surface area contributed by atoms with E-state index in [9.17, 15) is 14.0 Å². The van der Waals surface area contributed by atoms with E-state index in [-0.39, 0.29) is 11.8 Å². The quantitative estimate of drug-likeness (QED) is 0.773. The van der Waals surface area contributed by atoms with Gasteiger partial charge in [-0.15, -0.1) is 0 Å². The normalized spacial score (nSPS) is 14.6. The molecule has 0 atom stereocenters. The molecular weight excluding hydrogens is 347 g/mol. The number of halogens is 1. The lowest BCUT2D eigenvalue weighted by molar-refractivity contribution is -0.131. The molecule has 138 valence electrons. The number of fused-ring (bicyclic) bond motifs is 1. The molecule has 7 heteroatoms. The summed E-state index contributed by atoms with van der Waals surface area (Å²) in [6.07, 6.45) is 1.94. The molecule has 3 aromatic rings. The van der Waals surface area contributed by atoms with Crippen LogP contribution in [0.5, 0.6) is 0 Å². The van der Waals surface area contributed by atoms with Gasteiger partial charge in [-0.2, -0.15) is 0 Å². The summed E-state index contributed by atoms with van der Waals surface area (Å²) in [5.41, 5.74) is 3.04. The van der Waals surface area contributed by atoms with Gasteiger partial charge in [-0.05, 0) is 35.9 Å². The van der Waals surface area contributed by atoms with Gasteiger partial charge < -0.3 is 14.8 Å². The highest BCUT2D eigenvalue weighted by atomic mass is 19.1. The third-order valence-corrected chi connectivity index (χ3v) is 4.83. The molecule has 2 amide bonds. The largest absolute Gasteiger partial charge is 0.345 e. The van der Waals surface area contributed by atoms with Crippen LogP contribution in [0.4, 0.5) is 4.39 Å². The first kappa shape index (κ1) is 17.2. The van der Waals surface area contributed by atoms with E-state index in [4.69, 9.17) is 0 Å². The zero-order valence-electron chi connectivity index (χ0n) is 14.7. The summed E-state index contributed by atoms with van der Waals surface area (Å²) in [5.74, 6) is -0.595. The lowest BCUT2D eigenvalue weighted by atomic mass is 10.1. The van der Waals surface area contributed by atoms with Crippen molar-refractivity contribution >= 4 is 22.8 Å². The number of rotatable bonds is 3. The summed E-state index contributed by atoms with van der Waals surface area (Å²) < 4.78 is 13.3. The van der Waals surface area contributed by atoms with Crippen LogP contribution in [0.15, 0.2) is 48.8 Å². The monoisotopic (exact) mass is 366 g/mol. The van der Waals surface area contributed by atoms with Crippen molar-refractivity contribution in [3.63, 3.8) is 0 Å². The van der Waals surface area contributed by atoms with Crippen molar-refractivity contribution in [2.75, 3.05) is 26.2 Å². The van der Waals surface area contributed by atoms with Gasteiger partial charge in [0.05, 0.1) is 23.8 Å². The van der Waals surface area contributed by atoms with Gasteiger partial charge in [0.25, 0.3) is 5.91 Å². The van der Waals surface area contributed by atoms with E-state index in [0.29, 0.717) is 38.2 Å². The maximum atomic E-state index is 13.3. The maximum absolute atomic E-state index is 13.3. The molecule has 1 fully saturated rings. The molecule has 1 saturated heterocycles. The van der Waals surface area contributed by atoms with Crippen LogP contribution in [0.3, 0.4) is 0 Å². The second kappa shape index (κ2) is 7.19. The predicted molar refractivity (Wildman–Crippen MR) is 98.7 cm³/mol. The fourth-order valence-electron chi connectivity index (χ4n) is 3.34. The fourth-order valence-corrected chi connectivity index (χ4v) is 3.34. The van der Waals surface area contributed by atoms with Gasteiger partial charge in [-0.25, -0.2) is 9.37 Å². The summed E-state index contributed by atoms with van der Waals surface area (Å²) in [4.78, 5) is 35.7. The number of nitrogens with one attached hydrogen (secondary N) is 1. The Morgan fingerprint density at radius 2 is 1.81 bits per heavy atom. The molecule has 2 aromatic carbocycles. The zero-order valence-corrected chi connectivity index (χ0v) is 14.7. The number of hydrogen-bond acceptors (Lipinski definition) is 3. The van der Waals surface area contributed by atoms with E-state index < -0.39 is 5.82 Å². The van der Waals surface area contributed by atoms with Crippen LogP contribution in [0, 0.1) is 5.82 Å². The molecule has 1 N–H and O–H groups in total. The summed E-state index contributed by atoms with van der Waals surface area (Å²) >= 11 is 0. The Labute approximate surface area is 155 Å². The number of hydrogen-bond donors (Lipinski definition) is 1. The van der Waals surface area contributed by atoms with Crippen LogP contribution in [-0.4, -0.2) is 57.8 Å². The fraction of sp³-hybridized carbons (Fsp3) is 0.250. The van der Waals surface area contributed by atoms with Gasteiger partial charge >= 0.3 is 0 Å². The highest BCUT2D eigenvalue weighted by Crippen LogP contribution is 2.15. The standard InChI is InChI=1S/C20H19FN4O2/c21-16-3-1-2-15(12-16)20(27)25-8-6-24(7-9-25)19(26)11-14-4-5-17-18(10-14)23-13-22-17/h1-5,10,12-13H,6-9,11H2,(H,22,23). The number of nitrogens with zero attached hydrogens (tertiary/aromatic N) is 3. The molecule has 0 spiro atoms. The topological polar surface area (TPSA) is 69.3 Å². The third kappa shape index (κ3) is 3.67. The van der Waals surface area contributed by atoms with Crippen LogP contribution in [0.25, 0.3) is 11.0 Å². The Kier molecular flexibility index (Phi) is 4.58. The van der Waals surface area contributed by atoms with E-state index in [1.165, 1.54) is 18.2 Å². The number of carbonyl (C=O) groups excluding carboxylic acids is 2. The molecular formula is C20H19FN4O2. The van der Waals surface area contributed by atoms with E-state index in [1.807, 2.05) is 18.2 Å². The molecule has 1 aromatic heterocycles. The number of imidazole rings is 1. The van der Waals surface area contributed by atoms with Crippen molar-refractivity contribution in [1.82, 2.24) is 19.8 Å². The van der Waals surface area contributed by atoms with Crippen LogP contribution >= 0.6 is 0 Å². The molecule has 2 heterocycles. The molecule has 0 aliphatic carbocycles. The predicted octanol–water partition coefficient (Wildman–Crippen LogP) is 2.23. The Bertz CT molecular complexity index is 992. The summed E-state index contributed by atoms with van der Waals surface area (Å²) in [7, 11) is 0. The van der Waals surface area contributed by atoms with Gasteiger partial charge in [0, 0.05) is 31.7 Å². The van der Waals surface area contributed by atoms with Crippen molar-refractivity contribution in [2.45, 2.75) is 6.42 Å². The van der Waals surface area contributed by atoms with Crippen molar-refractivity contribution < 1.29 is 14.0 Å². The van der Waals surface area contributed by atoms with Crippen molar-refractivity contribution in [3.05, 3.63) is 65.7 Å². The van der Waals surface area contributed by atoms with E-state index in [2.05, 4.69) is 9.97 Å². The van der Waals surface area contributed by atoms with Crippen molar-refractivity contribution in [3.8, 4) is 0 Å². The SMILES string of the molecule is O=C(Cc1ccc2nc[nH]c2c1)N1CCN(C(=O)c2cccc(F)c2)CC1. The molecule has 1 aliphatic rings. The van der Waals surface area contributed by atoms with Gasteiger partial charge in [-0.3, -0.25) is 9.59 Å². The maximum Gasteiger partial charge on any atom is 0.254 e. The lowest BCUT2D eigenvalue weighted by Crippen LogP contribution is -2.51. The number of benzene rings is 2. The van der Waals surface area contributed by atoms with Crippen LogP contribution in [0.2, 0.25) is 0 Å². The molecule has 4 rings (SSSR count). The highest BCUT2D eigenvalue weighted by molar-refractivity contribution is 5.94. The van der Waals surface area contributed by atoms with Crippen LogP contribution in [-0.2, 0) is 11.2 Å². The third-order valence-electron chi connectivity index (χ3n) is 4.83. The highest BCUT2D eigenvalue weighted by Gasteiger charge is 2.25. The van der Waals surface area contributed by atoms with E-state index in [1.54, 1.807) is 22.2 Å². The Morgan fingerprint density at radius 1 is 1.04 bits per heavy atom. The summed E-state index contributed by atoms with van der Waals surface area (Å²) in [6, 6.07) is 11.4. The molecule has 27 heavy (non-hydrogen) atoms.